The number of pyridine rings is 1. The zero-order valence-corrected chi connectivity index (χ0v) is 17.2. The minimum absolute atomic E-state index is 0.142. The van der Waals surface area contributed by atoms with E-state index in [9.17, 15) is 4.79 Å². The van der Waals surface area contributed by atoms with Crippen LogP contribution in [0.4, 0.5) is 0 Å². The normalized spacial score (nSPS) is 17.8. The number of carbonyl (C=O) groups is 1. The summed E-state index contributed by atoms with van der Waals surface area (Å²) in [5.74, 6) is -0.0449. The van der Waals surface area contributed by atoms with E-state index in [1.807, 2.05) is 30.3 Å². The number of hydrogen-bond acceptors (Lipinski definition) is 4. The quantitative estimate of drug-likeness (QED) is 0.845. The molecular formula is C23H27N5O. The first-order valence-electron chi connectivity index (χ1n) is 10.1. The van der Waals surface area contributed by atoms with Crippen molar-refractivity contribution in [3.63, 3.8) is 0 Å². The van der Waals surface area contributed by atoms with Gasteiger partial charge in [-0.05, 0) is 57.4 Å². The lowest BCUT2D eigenvalue weighted by Gasteiger charge is -2.41. The second kappa shape index (κ2) is 7.52. The Bertz CT molecular complexity index is 967. The molecule has 1 saturated heterocycles. The van der Waals surface area contributed by atoms with Crippen molar-refractivity contribution in [2.24, 2.45) is 4.99 Å². The Morgan fingerprint density at radius 3 is 2.55 bits per heavy atom. The summed E-state index contributed by atoms with van der Waals surface area (Å²) in [6, 6.07) is 9.76. The van der Waals surface area contributed by atoms with Crippen molar-refractivity contribution in [1.29, 1.82) is 5.41 Å². The molecule has 6 nitrogen and oxygen atoms in total. The van der Waals surface area contributed by atoms with Crippen LogP contribution in [-0.4, -0.2) is 52.0 Å². The molecule has 0 aliphatic carbocycles. The van der Waals surface area contributed by atoms with Gasteiger partial charge in [0.1, 0.15) is 5.71 Å². The molecule has 1 fully saturated rings. The third-order valence-electron chi connectivity index (χ3n) is 5.74. The van der Waals surface area contributed by atoms with Crippen molar-refractivity contribution < 1.29 is 4.79 Å². The van der Waals surface area contributed by atoms with Gasteiger partial charge in [0.05, 0.1) is 0 Å². The van der Waals surface area contributed by atoms with E-state index in [1.165, 1.54) is 0 Å². The summed E-state index contributed by atoms with van der Waals surface area (Å²) in [5.41, 5.74) is 3.86. The molecule has 6 heteroatoms. The van der Waals surface area contributed by atoms with E-state index in [-0.39, 0.29) is 23.3 Å². The summed E-state index contributed by atoms with van der Waals surface area (Å²) in [6.07, 6.45) is 5.38. The highest BCUT2D eigenvalue weighted by atomic mass is 16.2. The van der Waals surface area contributed by atoms with E-state index in [1.54, 1.807) is 12.4 Å². The maximum atomic E-state index is 13.0. The number of likely N-dealkylation sites (tertiary alicyclic amines) is 1. The first kappa shape index (κ1) is 19.5. The van der Waals surface area contributed by atoms with Crippen LogP contribution in [0.3, 0.4) is 0 Å². The van der Waals surface area contributed by atoms with E-state index in [4.69, 9.17) is 5.41 Å². The molecule has 2 aromatic rings. The summed E-state index contributed by atoms with van der Waals surface area (Å²) in [5, 5.41) is 11.3. The third kappa shape index (κ3) is 3.98. The number of nitrogens with one attached hydrogen (secondary N) is 2. The molecule has 150 valence electrons. The molecule has 0 saturated carbocycles. The summed E-state index contributed by atoms with van der Waals surface area (Å²) in [7, 11) is 0. The van der Waals surface area contributed by atoms with Gasteiger partial charge in [-0.25, -0.2) is 4.99 Å². The van der Waals surface area contributed by atoms with Crippen LogP contribution < -0.4 is 5.32 Å². The highest BCUT2D eigenvalue weighted by molar-refractivity contribution is 6.50. The van der Waals surface area contributed by atoms with Crippen LogP contribution in [0.25, 0.3) is 11.1 Å². The van der Waals surface area contributed by atoms with Crippen LogP contribution in [0.2, 0.25) is 0 Å². The predicted molar refractivity (Wildman–Crippen MR) is 116 cm³/mol. The number of hydrogen-bond donors (Lipinski definition) is 2. The van der Waals surface area contributed by atoms with Crippen LogP contribution in [0.15, 0.2) is 47.7 Å². The lowest BCUT2D eigenvalue weighted by Crippen LogP contribution is -2.51. The minimum Gasteiger partial charge on any atom is -0.348 e. The van der Waals surface area contributed by atoms with Gasteiger partial charge in [0.15, 0.2) is 5.84 Å². The first-order valence-corrected chi connectivity index (χ1v) is 10.1. The molecule has 2 aliphatic rings. The number of nitrogens with zero attached hydrogens (tertiary/aromatic N) is 3. The van der Waals surface area contributed by atoms with Gasteiger partial charge in [-0.1, -0.05) is 12.1 Å². The zero-order valence-electron chi connectivity index (χ0n) is 17.2. The fraction of sp³-hybridized carbons (Fsp3) is 0.391. The molecular weight excluding hydrogens is 362 g/mol. The van der Waals surface area contributed by atoms with Gasteiger partial charge < -0.3 is 5.32 Å². The van der Waals surface area contributed by atoms with Crippen molar-refractivity contribution in [3.8, 4) is 11.1 Å². The standard InChI is InChI=1S/C23H27N5O/c1-23(2,3)28-11-8-17(9-12-28)26-22(29)20-19-13-15(16-5-4-10-25-14-16)6-7-18(19)21(24)27-20/h4-7,10,13-14,17,24H,8-9,11-12H2,1-3H3,(H,26,29). The minimum atomic E-state index is -0.189. The molecule has 0 unspecified atom stereocenters. The molecule has 29 heavy (non-hydrogen) atoms. The van der Waals surface area contributed by atoms with Gasteiger partial charge in [-0.15, -0.1) is 0 Å². The van der Waals surface area contributed by atoms with E-state index in [0.717, 1.165) is 42.6 Å². The van der Waals surface area contributed by atoms with Crippen LogP contribution in [-0.2, 0) is 4.79 Å². The first-order chi connectivity index (χ1) is 13.8. The predicted octanol–water partition coefficient (Wildman–Crippen LogP) is 3.26. The Kier molecular flexibility index (Phi) is 5.04. The number of aromatic nitrogens is 1. The Balaban J connectivity index is 1.50. The third-order valence-corrected chi connectivity index (χ3v) is 5.74. The van der Waals surface area contributed by atoms with Crippen molar-refractivity contribution in [3.05, 3.63) is 53.9 Å². The van der Waals surface area contributed by atoms with E-state index in [0.29, 0.717) is 11.3 Å². The lowest BCUT2D eigenvalue weighted by atomic mass is 9.96. The number of fused-ring (bicyclic) bond motifs is 1. The number of amides is 1. The van der Waals surface area contributed by atoms with Crippen LogP contribution in [0, 0.1) is 5.41 Å². The second-order valence-corrected chi connectivity index (χ2v) is 8.72. The molecule has 1 aromatic carbocycles. The lowest BCUT2D eigenvalue weighted by molar-refractivity contribution is -0.115. The second-order valence-electron chi connectivity index (χ2n) is 8.72. The van der Waals surface area contributed by atoms with E-state index >= 15 is 0 Å². The number of carbonyl (C=O) groups excluding carboxylic acids is 1. The molecule has 0 bridgehead atoms. The topological polar surface area (TPSA) is 81.4 Å². The highest BCUT2D eigenvalue weighted by Crippen LogP contribution is 2.27. The molecule has 0 spiro atoms. The van der Waals surface area contributed by atoms with Crippen molar-refractivity contribution in [2.45, 2.75) is 45.2 Å². The maximum Gasteiger partial charge on any atom is 0.270 e. The average molecular weight is 390 g/mol. The molecule has 0 atom stereocenters. The van der Waals surface area contributed by atoms with Crippen LogP contribution in [0.1, 0.15) is 44.7 Å². The van der Waals surface area contributed by atoms with E-state index in [2.05, 4.69) is 41.0 Å². The fourth-order valence-electron chi connectivity index (χ4n) is 4.01. The highest BCUT2D eigenvalue weighted by Gasteiger charge is 2.31. The Labute approximate surface area is 171 Å². The molecule has 1 amide bonds. The van der Waals surface area contributed by atoms with Gasteiger partial charge >= 0.3 is 0 Å². The largest absolute Gasteiger partial charge is 0.348 e. The van der Waals surface area contributed by atoms with Crippen molar-refractivity contribution in [1.82, 2.24) is 15.2 Å². The van der Waals surface area contributed by atoms with Gasteiger partial charge in [0, 0.05) is 53.8 Å². The Morgan fingerprint density at radius 1 is 1.14 bits per heavy atom. The smallest absolute Gasteiger partial charge is 0.270 e. The average Bonchev–Trinajstić information content (AvgIpc) is 3.04. The zero-order chi connectivity index (χ0) is 20.6. The molecule has 0 radical (unpaired) electrons. The molecule has 4 rings (SSSR count). The summed E-state index contributed by atoms with van der Waals surface area (Å²) in [6.45, 7) is 8.61. The van der Waals surface area contributed by atoms with Crippen molar-refractivity contribution >= 4 is 17.5 Å². The molecule has 3 heterocycles. The SMILES string of the molecule is CC(C)(C)N1CCC(NC(=O)C2=NC(=N)c3ccc(-c4cccnc4)cc32)CC1. The van der Waals surface area contributed by atoms with E-state index < -0.39 is 0 Å². The number of rotatable bonds is 3. The number of amidine groups is 1. The van der Waals surface area contributed by atoms with Gasteiger partial charge in [-0.2, -0.15) is 0 Å². The van der Waals surface area contributed by atoms with Gasteiger partial charge in [-0.3, -0.25) is 20.1 Å². The fourth-order valence-corrected chi connectivity index (χ4v) is 4.01. The monoisotopic (exact) mass is 389 g/mol. The molecule has 2 aliphatic heterocycles. The number of piperidine rings is 1. The maximum absolute atomic E-state index is 13.0. The van der Waals surface area contributed by atoms with Crippen molar-refractivity contribution in [2.75, 3.05) is 13.1 Å². The van der Waals surface area contributed by atoms with Gasteiger partial charge in [0.2, 0.25) is 0 Å². The Hall–Kier alpha value is -2.86. The number of aliphatic imine (C=N–C) groups is 1. The van der Waals surface area contributed by atoms with Crippen LogP contribution >= 0.6 is 0 Å². The van der Waals surface area contributed by atoms with Gasteiger partial charge in [0.25, 0.3) is 5.91 Å². The Morgan fingerprint density at radius 2 is 1.90 bits per heavy atom. The summed E-state index contributed by atoms with van der Waals surface area (Å²) in [4.78, 5) is 23.9. The van der Waals surface area contributed by atoms with Crippen LogP contribution in [0.5, 0.6) is 0 Å². The number of benzene rings is 1. The summed E-state index contributed by atoms with van der Waals surface area (Å²) >= 11 is 0. The molecule has 1 aromatic heterocycles. The molecule has 2 N–H and O–H groups in total. The summed E-state index contributed by atoms with van der Waals surface area (Å²) < 4.78 is 0.